The number of hydrogen-bond acceptors (Lipinski definition) is 4. The normalized spacial score (nSPS) is 15.5. The van der Waals surface area contributed by atoms with Gasteiger partial charge in [0.25, 0.3) is 0 Å². The fourth-order valence-corrected chi connectivity index (χ4v) is 4.44. The fourth-order valence-electron chi connectivity index (χ4n) is 4.44. The van der Waals surface area contributed by atoms with Crippen molar-refractivity contribution in [1.29, 1.82) is 0 Å². The zero-order valence-corrected chi connectivity index (χ0v) is 18.2. The van der Waals surface area contributed by atoms with Crippen LogP contribution in [0.2, 0.25) is 0 Å². The van der Waals surface area contributed by atoms with Gasteiger partial charge in [0.1, 0.15) is 11.4 Å². The Labute approximate surface area is 180 Å². The molecule has 7 nitrogen and oxygen atoms in total. The van der Waals surface area contributed by atoms with Gasteiger partial charge in [-0.05, 0) is 69.9 Å². The third kappa shape index (κ3) is 3.87. The first-order valence-electron chi connectivity index (χ1n) is 10.3. The van der Waals surface area contributed by atoms with Crippen LogP contribution in [0.15, 0.2) is 29.3 Å². The quantitative estimate of drug-likeness (QED) is 0.730. The van der Waals surface area contributed by atoms with Gasteiger partial charge >= 0.3 is 11.9 Å². The van der Waals surface area contributed by atoms with Crippen LogP contribution in [0.3, 0.4) is 0 Å². The van der Waals surface area contributed by atoms with Crippen LogP contribution in [-0.4, -0.2) is 44.6 Å². The number of carbonyl (C=O) groups is 2. The molecule has 4 rings (SSSR count). The van der Waals surface area contributed by atoms with E-state index >= 15 is 0 Å². The molecule has 2 N–H and O–H groups in total. The second-order valence-corrected chi connectivity index (χ2v) is 8.94. The minimum atomic E-state index is -1.30. The summed E-state index contributed by atoms with van der Waals surface area (Å²) in [6.07, 6.45) is 2.30. The maximum Gasteiger partial charge on any atom is 0.336 e. The van der Waals surface area contributed by atoms with E-state index in [1.54, 1.807) is 6.07 Å². The number of aliphatic imine (C=N–C) groups is 1. The number of carboxylic acid groups (broad SMARTS) is 2. The lowest BCUT2D eigenvalue weighted by molar-refractivity contribution is -0.133. The SMILES string of the molecule is CC1=NCCn2c1cc1c2-c2c(cc(OC(C)(C)C)cc2C(=CC(=O)O)C(=O)O)CC1. The first-order chi connectivity index (χ1) is 14.5. The average Bonchev–Trinajstić information content (AvgIpc) is 3.04. The van der Waals surface area contributed by atoms with Crippen molar-refractivity contribution >= 4 is 23.2 Å². The predicted molar refractivity (Wildman–Crippen MR) is 118 cm³/mol. The van der Waals surface area contributed by atoms with Crippen molar-refractivity contribution in [2.75, 3.05) is 6.54 Å². The number of hydrogen-bond donors (Lipinski definition) is 2. The van der Waals surface area contributed by atoms with Gasteiger partial charge in [0, 0.05) is 23.7 Å². The fraction of sp³-hybridized carbons (Fsp3) is 0.375. The second-order valence-electron chi connectivity index (χ2n) is 8.94. The summed E-state index contributed by atoms with van der Waals surface area (Å²) in [4.78, 5) is 28.1. The summed E-state index contributed by atoms with van der Waals surface area (Å²) in [5, 5.41) is 19.2. The van der Waals surface area contributed by atoms with Crippen LogP contribution < -0.4 is 4.74 Å². The number of aryl methyl sites for hydroxylation is 2. The van der Waals surface area contributed by atoms with E-state index in [-0.39, 0.29) is 5.57 Å². The van der Waals surface area contributed by atoms with Gasteiger partial charge < -0.3 is 19.5 Å². The molecule has 2 aromatic rings. The molecule has 0 saturated carbocycles. The number of aromatic nitrogens is 1. The summed E-state index contributed by atoms with van der Waals surface area (Å²) in [5.74, 6) is -2.05. The zero-order chi connectivity index (χ0) is 22.5. The summed E-state index contributed by atoms with van der Waals surface area (Å²) in [5.41, 5.74) is 5.44. The number of fused-ring (bicyclic) bond motifs is 5. The smallest absolute Gasteiger partial charge is 0.336 e. The number of nitrogens with zero attached hydrogens (tertiary/aromatic N) is 2. The van der Waals surface area contributed by atoms with Crippen LogP contribution in [-0.2, 0) is 29.0 Å². The Morgan fingerprint density at radius 2 is 1.84 bits per heavy atom. The number of carboxylic acids is 2. The molecule has 2 heterocycles. The van der Waals surface area contributed by atoms with E-state index in [1.807, 2.05) is 33.8 Å². The molecule has 0 amide bonds. The molecule has 0 unspecified atom stereocenters. The number of benzene rings is 1. The van der Waals surface area contributed by atoms with Crippen molar-refractivity contribution < 1.29 is 24.5 Å². The van der Waals surface area contributed by atoms with E-state index in [9.17, 15) is 19.8 Å². The van der Waals surface area contributed by atoms with Gasteiger partial charge in [-0.3, -0.25) is 4.99 Å². The molecule has 0 saturated heterocycles. The van der Waals surface area contributed by atoms with Crippen molar-refractivity contribution in [3.8, 4) is 17.0 Å². The highest BCUT2D eigenvalue weighted by Crippen LogP contribution is 2.43. The third-order valence-corrected chi connectivity index (χ3v) is 5.53. The number of aliphatic carboxylic acids is 2. The van der Waals surface area contributed by atoms with Crippen LogP contribution >= 0.6 is 0 Å². The van der Waals surface area contributed by atoms with Gasteiger partial charge in [0.2, 0.25) is 0 Å². The average molecular weight is 422 g/mol. The van der Waals surface area contributed by atoms with E-state index in [4.69, 9.17) is 4.74 Å². The topological polar surface area (TPSA) is 101 Å². The molecule has 0 spiro atoms. The molecule has 0 radical (unpaired) electrons. The van der Waals surface area contributed by atoms with Crippen LogP contribution in [0.5, 0.6) is 5.75 Å². The van der Waals surface area contributed by atoms with Crippen molar-refractivity contribution in [3.05, 3.63) is 46.7 Å². The van der Waals surface area contributed by atoms with E-state index in [0.717, 1.165) is 52.7 Å². The molecular weight excluding hydrogens is 396 g/mol. The van der Waals surface area contributed by atoms with Crippen molar-refractivity contribution in [2.45, 2.75) is 52.7 Å². The summed E-state index contributed by atoms with van der Waals surface area (Å²) < 4.78 is 8.23. The molecule has 162 valence electrons. The summed E-state index contributed by atoms with van der Waals surface area (Å²) in [7, 11) is 0. The monoisotopic (exact) mass is 422 g/mol. The van der Waals surface area contributed by atoms with Gasteiger partial charge in [-0.1, -0.05) is 0 Å². The van der Waals surface area contributed by atoms with E-state index < -0.39 is 17.5 Å². The highest BCUT2D eigenvalue weighted by molar-refractivity contribution is 6.21. The first-order valence-corrected chi connectivity index (χ1v) is 10.3. The lowest BCUT2D eigenvalue weighted by atomic mass is 9.84. The third-order valence-electron chi connectivity index (χ3n) is 5.53. The predicted octanol–water partition coefficient (Wildman–Crippen LogP) is 3.81. The standard InChI is InChI=1S/C24H26N2O5/c1-13-19-10-15-6-5-14-9-16(31-24(2,3)4)11-17(18(23(29)30)12-20(27)28)21(14)22(15)26(19)8-7-25-13/h9-12H,5-8H2,1-4H3,(H,27,28)(H,29,30). The molecule has 2 aliphatic rings. The minimum Gasteiger partial charge on any atom is -0.488 e. The lowest BCUT2D eigenvalue weighted by Gasteiger charge is -2.27. The Balaban J connectivity index is 2.03. The van der Waals surface area contributed by atoms with Crippen LogP contribution in [0.4, 0.5) is 0 Å². The number of ether oxygens (including phenoxy) is 1. The Morgan fingerprint density at radius 3 is 2.48 bits per heavy atom. The largest absolute Gasteiger partial charge is 0.488 e. The molecule has 1 aliphatic carbocycles. The van der Waals surface area contributed by atoms with Crippen LogP contribution in [0.1, 0.15) is 50.1 Å². The van der Waals surface area contributed by atoms with Gasteiger partial charge in [-0.25, -0.2) is 9.59 Å². The maximum absolute atomic E-state index is 12.1. The molecule has 0 bridgehead atoms. The van der Waals surface area contributed by atoms with Crippen molar-refractivity contribution in [1.82, 2.24) is 4.57 Å². The Kier molecular flexibility index (Phi) is 5.00. The first kappa shape index (κ1) is 20.9. The van der Waals surface area contributed by atoms with Crippen molar-refractivity contribution in [3.63, 3.8) is 0 Å². The van der Waals surface area contributed by atoms with Gasteiger partial charge in [0.15, 0.2) is 0 Å². The zero-order valence-electron chi connectivity index (χ0n) is 18.2. The highest BCUT2D eigenvalue weighted by Gasteiger charge is 2.30. The van der Waals surface area contributed by atoms with E-state index in [1.165, 1.54) is 0 Å². The summed E-state index contributed by atoms with van der Waals surface area (Å²) >= 11 is 0. The Hall–Kier alpha value is -3.35. The van der Waals surface area contributed by atoms with E-state index in [2.05, 4.69) is 15.6 Å². The molecule has 0 fully saturated rings. The minimum absolute atomic E-state index is 0.257. The molecule has 0 atom stereocenters. The Bertz CT molecular complexity index is 1160. The van der Waals surface area contributed by atoms with Crippen LogP contribution in [0.25, 0.3) is 16.8 Å². The molecule has 1 aromatic carbocycles. The molecule has 1 aliphatic heterocycles. The summed E-state index contributed by atoms with van der Waals surface area (Å²) in [6, 6.07) is 5.74. The highest BCUT2D eigenvalue weighted by atomic mass is 16.5. The molecular formula is C24H26N2O5. The Morgan fingerprint density at radius 1 is 1.13 bits per heavy atom. The summed E-state index contributed by atoms with van der Waals surface area (Å²) in [6.45, 7) is 9.09. The van der Waals surface area contributed by atoms with Gasteiger partial charge in [-0.15, -0.1) is 0 Å². The maximum atomic E-state index is 12.1. The lowest BCUT2D eigenvalue weighted by Crippen LogP contribution is -2.23. The molecule has 31 heavy (non-hydrogen) atoms. The van der Waals surface area contributed by atoms with Gasteiger partial charge in [-0.2, -0.15) is 0 Å². The number of rotatable bonds is 4. The van der Waals surface area contributed by atoms with Crippen molar-refractivity contribution in [2.24, 2.45) is 4.99 Å². The van der Waals surface area contributed by atoms with Gasteiger partial charge in [0.05, 0.1) is 29.2 Å². The van der Waals surface area contributed by atoms with Crippen LogP contribution in [0, 0.1) is 0 Å². The molecule has 1 aromatic heterocycles. The molecule has 7 heteroatoms. The van der Waals surface area contributed by atoms with E-state index in [0.29, 0.717) is 24.4 Å². The second kappa shape index (κ2) is 7.41.